The van der Waals surface area contributed by atoms with Crippen molar-refractivity contribution < 1.29 is 5.11 Å². The second kappa shape index (κ2) is 4.36. The second-order valence-corrected chi connectivity index (χ2v) is 5.46. The van der Waals surface area contributed by atoms with Gasteiger partial charge in [0.1, 0.15) is 0 Å². The number of fused-ring (bicyclic) bond motifs is 1. The van der Waals surface area contributed by atoms with Gasteiger partial charge >= 0.3 is 0 Å². The van der Waals surface area contributed by atoms with E-state index in [1.54, 1.807) is 6.20 Å². The van der Waals surface area contributed by atoms with Crippen LogP contribution in [0.2, 0.25) is 0 Å². The van der Waals surface area contributed by atoms with Gasteiger partial charge in [0, 0.05) is 11.6 Å². The van der Waals surface area contributed by atoms with Crippen LogP contribution in [-0.2, 0) is 5.60 Å². The number of aliphatic hydroxyl groups is 1. The number of rotatable bonds is 2. The molecule has 1 heterocycles. The van der Waals surface area contributed by atoms with Crippen molar-refractivity contribution in [2.24, 2.45) is 5.92 Å². The van der Waals surface area contributed by atoms with Gasteiger partial charge in [-0.2, -0.15) is 0 Å². The Hall–Kier alpha value is -1.41. The molecule has 2 heteroatoms. The van der Waals surface area contributed by atoms with Crippen molar-refractivity contribution >= 4 is 10.9 Å². The number of nitrogens with zero attached hydrogens (tertiary/aromatic N) is 1. The van der Waals surface area contributed by atoms with Crippen LogP contribution in [0.3, 0.4) is 0 Å². The summed E-state index contributed by atoms with van der Waals surface area (Å²) in [7, 11) is 0. The van der Waals surface area contributed by atoms with E-state index in [0.717, 1.165) is 42.1 Å². The zero-order valence-electron chi connectivity index (χ0n) is 10.8. The minimum atomic E-state index is -0.633. The van der Waals surface area contributed by atoms with Crippen molar-refractivity contribution in [3.63, 3.8) is 0 Å². The first kappa shape index (κ1) is 11.7. The van der Waals surface area contributed by atoms with Gasteiger partial charge in [0.25, 0.3) is 0 Å². The van der Waals surface area contributed by atoms with Gasteiger partial charge in [-0.25, -0.2) is 0 Å². The van der Waals surface area contributed by atoms with Crippen LogP contribution in [0.1, 0.15) is 38.2 Å². The van der Waals surface area contributed by atoms with Gasteiger partial charge < -0.3 is 5.11 Å². The molecular formula is C16H19NO. The van der Waals surface area contributed by atoms with E-state index in [4.69, 9.17) is 0 Å². The minimum Gasteiger partial charge on any atom is -0.385 e. The normalized spacial score (nSPS) is 27.8. The molecule has 1 aromatic heterocycles. The molecular weight excluding hydrogens is 222 g/mol. The first-order chi connectivity index (χ1) is 8.71. The Morgan fingerprint density at radius 1 is 1.39 bits per heavy atom. The summed E-state index contributed by atoms with van der Waals surface area (Å²) in [6.45, 7) is 2.21. The number of hydrogen-bond acceptors (Lipinski definition) is 2. The second-order valence-electron chi connectivity index (χ2n) is 5.46. The van der Waals surface area contributed by atoms with Crippen molar-refractivity contribution in [1.29, 1.82) is 0 Å². The third kappa shape index (κ3) is 1.91. The van der Waals surface area contributed by atoms with E-state index in [2.05, 4.69) is 30.1 Å². The van der Waals surface area contributed by atoms with E-state index in [-0.39, 0.29) is 0 Å². The number of benzene rings is 1. The summed E-state index contributed by atoms with van der Waals surface area (Å²) < 4.78 is 0. The standard InChI is InChI=1S/C16H19NO/c1-2-12-7-8-16(18,11-12)14-6-5-13-4-3-9-17-15(13)10-14/h3-6,9-10,12,18H,2,7-8,11H2,1H3. The SMILES string of the molecule is CCC1CCC(O)(c2ccc3cccnc3c2)C1. The minimum absolute atomic E-state index is 0.633. The molecule has 0 radical (unpaired) electrons. The van der Waals surface area contributed by atoms with Crippen molar-refractivity contribution in [3.8, 4) is 0 Å². The molecule has 1 aliphatic carbocycles. The summed E-state index contributed by atoms with van der Waals surface area (Å²) in [4.78, 5) is 4.37. The molecule has 2 aromatic rings. The molecule has 3 rings (SSSR count). The summed E-state index contributed by atoms with van der Waals surface area (Å²) in [6.07, 6.45) is 5.87. The molecule has 2 atom stereocenters. The molecule has 1 fully saturated rings. The number of hydrogen-bond donors (Lipinski definition) is 1. The summed E-state index contributed by atoms with van der Waals surface area (Å²) in [5, 5.41) is 11.9. The molecule has 0 bridgehead atoms. The zero-order chi connectivity index (χ0) is 12.6. The summed E-state index contributed by atoms with van der Waals surface area (Å²) in [5.74, 6) is 0.662. The maximum absolute atomic E-state index is 10.8. The van der Waals surface area contributed by atoms with E-state index in [1.165, 1.54) is 0 Å². The van der Waals surface area contributed by atoms with Gasteiger partial charge in [-0.3, -0.25) is 4.98 Å². The number of pyridine rings is 1. The molecule has 0 amide bonds. The van der Waals surface area contributed by atoms with E-state index in [9.17, 15) is 5.11 Å². The van der Waals surface area contributed by atoms with Gasteiger partial charge in [-0.15, -0.1) is 0 Å². The van der Waals surface area contributed by atoms with Gasteiger partial charge in [0.15, 0.2) is 0 Å². The Labute approximate surface area is 108 Å². The molecule has 2 unspecified atom stereocenters. The Kier molecular flexibility index (Phi) is 2.83. The molecule has 0 saturated heterocycles. The zero-order valence-corrected chi connectivity index (χ0v) is 10.8. The van der Waals surface area contributed by atoms with E-state index >= 15 is 0 Å². The monoisotopic (exact) mass is 241 g/mol. The van der Waals surface area contributed by atoms with Crippen LogP contribution in [-0.4, -0.2) is 10.1 Å². The Balaban J connectivity index is 1.99. The van der Waals surface area contributed by atoms with E-state index in [1.807, 2.05) is 12.1 Å². The molecule has 94 valence electrons. The van der Waals surface area contributed by atoms with Gasteiger partial charge in [0.05, 0.1) is 11.1 Å². The lowest BCUT2D eigenvalue weighted by molar-refractivity contribution is 0.0399. The molecule has 2 nitrogen and oxygen atoms in total. The van der Waals surface area contributed by atoms with E-state index < -0.39 is 5.60 Å². The molecule has 1 saturated carbocycles. The predicted octanol–water partition coefficient (Wildman–Crippen LogP) is 3.63. The molecule has 0 spiro atoms. The highest BCUT2D eigenvalue weighted by molar-refractivity contribution is 5.79. The van der Waals surface area contributed by atoms with Crippen LogP contribution in [0.4, 0.5) is 0 Å². The first-order valence-electron chi connectivity index (χ1n) is 6.79. The molecule has 0 aliphatic heterocycles. The fourth-order valence-electron chi connectivity index (χ4n) is 3.09. The van der Waals surface area contributed by atoms with Crippen LogP contribution in [0.25, 0.3) is 10.9 Å². The summed E-state index contributed by atoms with van der Waals surface area (Å²) in [5.41, 5.74) is 1.37. The highest BCUT2D eigenvalue weighted by Gasteiger charge is 2.37. The lowest BCUT2D eigenvalue weighted by Crippen LogP contribution is -2.21. The lowest BCUT2D eigenvalue weighted by Gasteiger charge is -2.23. The molecule has 1 N–H and O–H groups in total. The fraction of sp³-hybridized carbons (Fsp3) is 0.438. The van der Waals surface area contributed by atoms with Crippen LogP contribution in [0.5, 0.6) is 0 Å². The lowest BCUT2D eigenvalue weighted by atomic mass is 9.90. The maximum Gasteiger partial charge on any atom is 0.0900 e. The third-order valence-electron chi connectivity index (χ3n) is 4.31. The largest absolute Gasteiger partial charge is 0.385 e. The predicted molar refractivity (Wildman–Crippen MR) is 73.3 cm³/mol. The number of aromatic nitrogens is 1. The van der Waals surface area contributed by atoms with E-state index in [0.29, 0.717) is 5.92 Å². The Morgan fingerprint density at radius 2 is 2.28 bits per heavy atom. The fourth-order valence-corrected chi connectivity index (χ4v) is 3.09. The van der Waals surface area contributed by atoms with Crippen LogP contribution >= 0.6 is 0 Å². The molecule has 18 heavy (non-hydrogen) atoms. The van der Waals surface area contributed by atoms with Crippen LogP contribution in [0.15, 0.2) is 36.5 Å². The summed E-state index contributed by atoms with van der Waals surface area (Å²) in [6, 6.07) is 10.2. The van der Waals surface area contributed by atoms with Crippen molar-refractivity contribution in [1.82, 2.24) is 4.98 Å². The molecule has 1 aliphatic rings. The van der Waals surface area contributed by atoms with Crippen molar-refractivity contribution in [2.45, 2.75) is 38.2 Å². The third-order valence-corrected chi connectivity index (χ3v) is 4.31. The Morgan fingerprint density at radius 3 is 3.06 bits per heavy atom. The quantitative estimate of drug-likeness (QED) is 0.871. The van der Waals surface area contributed by atoms with Gasteiger partial charge in [-0.05, 0) is 42.9 Å². The molecule has 1 aromatic carbocycles. The average molecular weight is 241 g/mol. The van der Waals surface area contributed by atoms with Crippen molar-refractivity contribution in [2.75, 3.05) is 0 Å². The average Bonchev–Trinajstić information content (AvgIpc) is 2.81. The highest BCUT2D eigenvalue weighted by atomic mass is 16.3. The van der Waals surface area contributed by atoms with Gasteiger partial charge in [-0.1, -0.05) is 31.5 Å². The highest BCUT2D eigenvalue weighted by Crippen LogP contribution is 2.43. The van der Waals surface area contributed by atoms with Crippen LogP contribution in [0, 0.1) is 5.92 Å². The Bertz CT molecular complexity index is 566. The summed E-state index contributed by atoms with van der Waals surface area (Å²) >= 11 is 0. The topological polar surface area (TPSA) is 33.1 Å². The first-order valence-corrected chi connectivity index (χ1v) is 6.79. The van der Waals surface area contributed by atoms with Crippen LogP contribution < -0.4 is 0 Å². The van der Waals surface area contributed by atoms with Gasteiger partial charge in [0.2, 0.25) is 0 Å². The van der Waals surface area contributed by atoms with Crippen molar-refractivity contribution in [3.05, 3.63) is 42.1 Å². The maximum atomic E-state index is 10.8. The smallest absolute Gasteiger partial charge is 0.0900 e.